The average Bonchev–Trinajstić information content (AvgIpc) is 3.32. The minimum absolute atomic E-state index is 0.228. The van der Waals surface area contributed by atoms with Gasteiger partial charge in [0.1, 0.15) is 11.4 Å². The number of fused-ring (bicyclic) bond motifs is 1. The summed E-state index contributed by atoms with van der Waals surface area (Å²) < 4.78 is 34.8. The second-order valence-electron chi connectivity index (χ2n) is 10.7. The van der Waals surface area contributed by atoms with E-state index in [0.29, 0.717) is 22.9 Å². The Balaban J connectivity index is 1.53. The molecule has 3 N–H and O–H groups in total. The highest BCUT2D eigenvalue weighted by Gasteiger charge is 2.48. The number of anilines is 2. The number of piperidine rings is 1. The number of carbonyl (C=O) groups excluding carboxylic acids is 3. The molecule has 208 valence electrons. The number of H-pyrrole nitrogens is 1. The van der Waals surface area contributed by atoms with Crippen LogP contribution in [0, 0.1) is 5.92 Å². The molecule has 3 aromatic rings. The van der Waals surface area contributed by atoms with Gasteiger partial charge in [-0.15, -0.1) is 0 Å². The predicted molar refractivity (Wildman–Crippen MR) is 141 cm³/mol. The van der Waals surface area contributed by atoms with Gasteiger partial charge in [0.2, 0.25) is 0 Å². The standard InChI is InChI=1S/C27H32F2N6O4/c1-6-16-10-19(13-30-22(16)33-25(38)39-26(3,4)5)32-23(36)24(37)35-14-15(2)27(28,29)11-21(35)17-7-8-20-18(9-17)12-31-34-20/h7-10,12-13,15,21H,6,11,14H2,1-5H3,(H,31,34)(H,32,36)(H,30,33,38)/t15-,21+/m0/s1. The number of hydrogen-bond acceptors (Lipinski definition) is 6. The fourth-order valence-electron chi connectivity index (χ4n) is 4.49. The molecule has 4 rings (SSSR count). The van der Waals surface area contributed by atoms with E-state index in [9.17, 15) is 23.2 Å². The molecule has 2 aromatic heterocycles. The van der Waals surface area contributed by atoms with Crippen LogP contribution in [0.25, 0.3) is 10.9 Å². The number of aromatic nitrogens is 3. The maximum absolute atomic E-state index is 14.8. The van der Waals surface area contributed by atoms with Crippen LogP contribution in [0.3, 0.4) is 0 Å². The molecule has 0 aliphatic carbocycles. The van der Waals surface area contributed by atoms with Crippen molar-refractivity contribution >= 4 is 40.3 Å². The summed E-state index contributed by atoms with van der Waals surface area (Å²) in [7, 11) is 0. The van der Waals surface area contributed by atoms with Crippen LogP contribution in [0.5, 0.6) is 0 Å². The topological polar surface area (TPSA) is 129 Å². The van der Waals surface area contributed by atoms with Gasteiger partial charge in [-0.1, -0.05) is 19.9 Å². The first-order valence-corrected chi connectivity index (χ1v) is 12.7. The lowest BCUT2D eigenvalue weighted by Gasteiger charge is -2.42. The van der Waals surface area contributed by atoms with Crippen LogP contribution < -0.4 is 10.6 Å². The van der Waals surface area contributed by atoms with Gasteiger partial charge in [-0.2, -0.15) is 5.10 Å². The minimum Gasteiger partial charge on any atom is -0.444 e. The number of aryl methyl sites for hydroxylation is 1. The summed E-state index contributed by atoms with van der Waals surface area (Å²) in [6.45, 7) is 8.12. The fraction of sp³-hybridized carbons (Fsp3) is 0.444. The SMILES string of the molecule is CCc1cc(NC(=O)C(=O)N2C[C@H](C)C(F)(F)C[C@@H]2c2ccc3[nH]ncc3c2)cnc1NC(=O)OC(C)(C)C. The van der Waals surface area contributed by atoms with Crippen molar-refractivity contribution in [3.05, 3.63) is 47.8 Å². The zero-order valence-corrected chi connectivity index (χ0v) is 22.5. The molecule has 0 saturated carbocycles. The Morgan fingerprint density at radius 2 is 1.92 bits per heavy atom. The molecule has 1 saturated heterocycles. The molecule has 0 radical (unpaired) electrons. The van der Waals surface area contributed by atoms with E-state index >= 15 is 0 Å². The largest absolute Gasteiger partial charge is 0.444 e. The molecule has 12 heteroatoms. The third-order valence-corrected chi connectivity index (χ3v) is 6.56. The van der Waals surface area contributed by atoms with Gasteiger partial charge in [0, 0.05) is 24.3 Å². The number of pyridine rings is 1. The van der Waals surface area contributed by atoms with Gasteiger partial charge in [-0.25, -0.2) is 18.6 Å². The highest BCUT2D eigenvalue weighted by atomic mass is 19.3. The van der Waals surface area contributed by atoms with Crippen LogP contribution in [0.2, 0.25) is 0 Å². The van der Waals surface area contributed by atoms with Crippen molar-refractivity contribution in [2.24, 2.45) is 5.92 Å². The summed E-state index contributed by atoms with van der Waals surface area (Å²) in [5, 5.41) is 12.6. The molecule has 10 nitrogen and oxygen atoms in total. The number of hydrogen-bond donors (Lipinski definition) is 3. The molecule has 0 bridgehead atoms. The number of alkyl halides is 2. The molecular weight excluding hydrogens is 510 g/mol. The van der Waals surface area contributed by atoms with Gasteiger partial charge >= 0.3 is 17.9 Å². The highest BCUT2D eigenvalue weighted by Crippen LogP contribution is 2.43. The zero-order valence-electron chi connectivity index (χ0n) is 22.5. The number of aromatic amines is 1. The van der Waals surface area contributed by atoms with E-state index in [1.807, 2.05) is 6.92 Å². The Labute approximate surface area is 224 Å². The Kier molecular flexibility index (Phi) is 7.58. The molecule has 0 unspecified atom stereocenters. The second-order valence-corrected chi connectivity index (χ2v) is 10.7. The summed E-state index contributed by atoms with van der Waals surface area (Å²) in [5.74, 6) is -5.78. The summed E-state index contributed by atoms with van der Waals surface area (Å²) in [4.78, 5) is 43.9. The van der Waals surface area contributed by atoms with Crippen LogP contribution in [-0.4, -0.2) is 56.1 Å². The van der Waals surface area contributed by atoms with E-state index in [0.717, 1.165) is 5.52 Å². The quantitative estimate of drug-likeness (QED) is 0.396. The Morgan fingerprint density at radius 3 is 2.62 bits per heavy atom. The summed E-state index contributed by atoms with van der Waals surface area (Å²) in [6.07, 6.45) is 2.05. The van der Waals surface area contributed by atoms with Gasteiger partial charge in [0.25, 0.3) is 5.92 Å². The van der Waals surface area contributed by atoms with Gasteiger partial charge < -0.3 is 15.0 Å². The third-order valence-electron chi connectivity index (χ3n) is 6.56. The normalized spacial score (nSPS) is 19.0. The molecule has 1 aromatic carbocycles. The van der Waals surface area contributed by atoms with Crippen molar-refractivity contribution < 1.29 is 27.9 Å². The lowest BCUT2D eigenvalue weighted by Crippen LogP contribution is -2.52. The Morgan fingerprint density at radius 1 is 1.18 bits per heavy atom. The zero-order chi connectivity index (χ0) is 28.5. The van der Waals surface area contributed by atoms with Crippen LogP contribution in [0.15, 0.2) is 36.7 Å². The maximum Gasteiger partial charge on any atom is 0.413 e. The molecule has 3 amide bonds. The number of nitrogens with zero attached hydrogens (tertiary/aromatic N) is 3. The lowest BCUT2D eigenvalue weighted by atomic mass is 9.86. The highest BCUT2D eigenvalue weighted by molar-refractivity contribution is 6.39. The van der Waals surface area contributed by atoms with Crippen molar-refractivity contribution in [2.45, 2.75) is 65.0 Å². The van der Waals surface area contributed by atoms with E-state index in [1.54, 1.807) is 51.2 Å². The van der Waals surface area contributed by atoms with Gasteiger partial charge in [0.05, 0.1) is 29.6 Å². The summed E-state index contributed by atoms with van der Waals surface area (Å²) in [6, 6.07) is 5.65. The minimum atomic E-state index is -3.01. The van der Waals surface area contributed by atoms with Gasteiger partial charge in [0.15, 0.2) is 0 Å². The second kappa shape index (κ2) is 10.6. The van der Waals surface area contributed by atoms with Crippen LogP contribution in [-0.2, 0) is 20.7 Å². The number of halogens is 2. The van der Waals surface area contributed by atoms with Crippen LogP contribution in [0.4, 0.5) is 25.1 Å². The molecule has 1 aliphatic heterocycles. The van der Waals surface area contributed by atoms with Crippen LogP contribution >= 0.6 is 0 Å². The van der Waals surface area contributed by atoms with Crippen LogP contribution in [0.1, 0.15) is 58.2 Å². The Bertz CT molecular complexity index is 1400. The summed E-state index contributed by atoms with van der Waals surface area (Å²) >= 11 is 0. The molecule has 1 aliphatic rings. The average molecular weight is 543 g/mol. The van der Waals surface area contributed by atoms with Gasteiger partial charge in [-0.05, 0) is 56.5 Å². The monoisotopic (exact) mass is 542 g/mol. The third kappa shape index (κ3) is 6.32. The first-order valence-electron chi connectivity index (χ1n) is 12.7. The fourth-order valence-corrected chi connectivity index (χ4v) is 4.49. The smallest absolute Gasteiger partial charge is 0.413 e. The number of nitrogens with one attached hydrogen (secondary N) is 3. The molecule has 1 fully saturated rings. The lowest BCUT2D eigenvalue weighted by molar-refractivity contribution is -0.159. The van der Waals surface area contributed by atoms with E-state index in [1.165, 1.54) is 18.0 Å². The van der Waals surface area contributed by atoms with Crippen molar-refractivity contribution in [1.82, 2.24) is 20.1 Å². The molecule has 0 spiro atoms. The van der Waals surface area contributed by atoms with Crippen molar-refractivity contribution in [3.63, 3.8) is 0 Å². The van der Waals surface area contributed by atoms with E-state index < -0.39 is 47.8 Å². The van der Waals surface area contributed by atoms with Crippen molar-refractivity contribution in [2.75, 3.05) is 17.2 Å². The van der Waals surface area contributed by atoms with Gasteiger partial charge in [-0.3, -0.25) is 20.0 Å². The summed E-state index contributed by atoms with van der Waals surface area (Å²) in [5.41, 5.74) is 1.36. The Hall–Kier alpha value is -4.09. The number of amides is 3. The molecule has 39 heavy (non-hydrogen) atoms. The predicted octanol–water partition coefficient (Wildman–Crippen LogP) is 5.05. The molecular formula is C27H32F2N6O4. The number of rotatable bonds is 4. The van der Waals surface area contributed by atoms with Crippen molar-refractivity contribution in [1.29, 1.82) is 0 Å². The van der Waals surface area contributed by atoms with Crippen molar-refractivity contribution in [3.8, 4) is 0 Å². The number of likely N-dealkylation sites (tertiary alicyclic amines) is 1. The number of ether oxygens (including phenoxy) is 1. The first kappa shape index (κ1) is 27.9. The molecule has 2 atom stereocenters. The van der Waals surface area contributed by atoms with E-state index in [4.69, 9.17) is 4.74 Å². The van der Waals surface area contributed by atoms with E-state index in [-0.39, 0.29) is 18.1 Å². The first-order chi connectivity index (χ1) is 18.3. The maximum atomic E-state index is 14.8. The van der Waals surface area contributed by atoms with E-state index in [2.05, 4.69) is 25.8 Å². The molecule has 3 heterocycles. The number of benzene rings is 1. The number of carbonyl (C=O) groups is 3.